The highest BCUT2D eigenvalue weighted by Gasteiger charge is 2.32. The highest BCUT2D eigenvalue weighted by molar-refractivity contribution is 6.33. The van der Waals surface area contributed by atoms with Crippen LogP contribution in [0.25, 0.3) is 5.65 Å². The van der Waals surface area contributed by atoms with Crippen LogP contribution in [0.15, 0.2) is 17.3 Å². The second kappa shape index (κ2) is 5.88. The third kappa shape index (κ3) is 4.25. The van der Waals surface area contributed by atoms with Gasteiger partial charge in [0, 0.05) is 11.7 Å². The number of halogens is 4. The van der Waals surface area contributed by atoms with Crippen molar-refractivity contribution >= 4 is 23.2 Å². The zero-order valence-corrected chi connectivity index (χ0v) is 13.5. The largest absolute Gasteiger partial charge is 0.417 e. The first kappa shape index (κ1) is 17.3. The smallest absolute Gasteiger partial charge is 0.370 e. The van der Waals surface area contributed by atoms with Crippen LogP contribution in [0, 0.1) is 0 Å². The predicted octanol–water partition coefficient (Wildman–Crippen LogP) is 2.60. The molecule has 6 nitrogen and oxygen atoms in total. The van der Waals surface area contributed by atoms with E-state index in [1.54, 1.807) is 0 Å². The number of hydrogen-bond acceptors (Lipinski definition) is 3. The standard InChI is InChI=1S/C13H16ClF3N6/c1-12(2,3)20-11(18)19-5-9-21-22-10-8(14)4-7(6-23(9)10)13(15,16)17/h4,6H,5H2,1-3H3,(H3,18,19,20). The number of nitrogens with zero attached hydrogens (tertiary/aromatic N) is 4. The number of hydrogen-bond donors (Lipinski definition) is 2. The van der Waals surface area contributed by atoms with E-state index in [-0.39, 0.29) is 34.5 Å². The summed E-state index contributed by atoms with van der Waals surface area (Å²) in [5.74, 6) is 0.360. The van der Waals surface area contributed by atoms with Gasteiger partial charge in [0.2, 0.25) is 0 Å². The Morgan fingerprint density at radius 3 is 2.57 bits per heavy atom. The van der Waals surface area contributed by atoms with E-state index >= 15 is 0 Å². The van der Waals surface area contributed by atoms with E-state index in [1.807, 2.05) is 20.8 Å². The Labute approximate surface area is 135 Å². The number of aliphatic imine (C=N–C) groups is 1. The van der Waals surface area contributed by atoms with E-state index in [0.717, 1.165) is 12.3 Å². The first-order chi connectivity index (χ1) is 10.5. The van der Waals surface area contributed by atoms with Crippen LogP contribution in [-0.4, -0.2) is 26.1 Å². The number of pyridine rings is 1. The second-order valence-electron chi connectivity index (χ2n) is 5.96. The van der Waals surface area contributed by atoms with Crippen LogP contribution >= 0.6 is 11.6 Å². The first-order valence-electron chi connectivity index (χ1n) is 6.66. The van der Waals surface area contributed by atoms with Crippen LogP contribution in [0.4, 0.5) is 13.2 Å². The van der Waals surface area contributed by atoms with Gasteiger partial charge in [-0.15, -0.1) is 10.2 Å². The number of fused-ring (bicyclic) bond motifs is 1. The molecule has 0 atom stereocenters. The van der Waals surface area contributed by atoms with Gasteiger partial charge < -0.3 is 11.1 Å². The number of aromatic nitrogens is 3. The van der Waals surface area contributed by atoms with Gasteiger partial charge in [-0.2, -0.15) is 13.2 Å². The average molecular weight is 349 g/mol. The third-order valence-electron chi connectivity index (χ3n) is 2.75. The van der Waals surface area contributed by atoms with Crippen molar-refractivity contribution in [3.63, 3.8) is 0 Å². The molecule has 2 aromatic heterocycles. The van der Waals surface area contributed by atoms with Crippen molar-refractivity contribution in [2.24, 2.45) is 10.7 Å². The summed E-state index contributed by atoms with van der Waals surface area (Å²) in [6.07, 6.45) is -3.63. The Kier molecular flexibility index (Phi) is 4.43. The molecule has 0 unspecified atom stereocenters. The number of alkyl halides is 3. The quantitative estimate of drug-likeness (QED) is 0.645. The van der Waals surface area contributed by atoms with E-state index in [1.165, 1.54) is 4.40 Å². The van der Waals surface area contributed by atoms with Crippen molar-refractivity contribution in [2.45, 2.75) is 39.0 Å². The molecule has 0 fully saturated rings. The highest BCUT2D eigenvalue weighted by atomic mass is 35.5. The van der Waals surface area contributed by atoms with E-state index in [0.29, 0.717) is 0 Å². The number of nitrogens with one attached hydrogen (secondary N) is 1. The van der Waals surface area contributed by atoms with Gasteiger partial charge in [0.15, 0.2) is 17.4 Å². The van der Waals surface area contributed by atoms with Crippen molar-refractivity contribution < 1.29 is 13.2 Å². The molecule has 2 rings (SSSR count). The van der Waals surface area contributed by atoms with Crippen molar-refractivity contribution in [3.8, 4) is 0 Å². The van der Waals surface area contributed by atoms with Gasteiger partial charge in [0.1, 0.15) is 6.54 Å². The molecule has 3 N–H and O–H groups in total. The minimum absolute atomic E-state index is 0.0340. The van der Waals surface area contributed by atoms with Crippen molar-refractivity contribution in [2.75, 3.05) is 0 Å². The molecule has 0 radical (unpaired) electrons. The summed E-state index contributed by atoms with van der Waals surface area (Å²) in [7, 11) is 0. The van der Waals surface area contributed by atoms with Crippen LogP contribution in [-0.2, 0) is 12.7 Å². The Hall–Kier alpha value is -2.03. The molecule has 0 amide bonds. The van der Waals surface area contributed by atoms with Crippen LogP contribution < -0.4 is 11.1 Å². The molecule has 0 aromatic carbocycles. The highest BCUT2D eigenvalue weighted by Crippen LogP contribution is 2.32. The summed E-state index contributed by atoms with van der Waals surface area (Å²) in [4.78, 5) is 4.06. The molecule has 126 valence electrons. The van der Waals surface area contributed by atoms with Crippen molar-refractivity contribution in [1.29, 1.82) is 0 Å². The fourth-order valence-electron chi connectivity index (χ4n) is 1.84. The second-order valence-corrected chi connectivity index (χ2v) is 6.37. The lowest BCUT2D eigenvalue weighted by atomic mass is 10.1. The molecular weight excluding hydrogens is 333 g/mol. The predicted molar refractivity (Wildman–Crippen MR) is 81.2 cm³/mol. The lowest BCUT2D eigenvalue weighted by molar-refractivity contribution is -0.137. The topological polar surface area (TPSA) is 80.6 Å². The summed E-state index contributed by atoms with van der Waals surface area (Å²) in [5, 5.41) is 10.4. The van der Waals surface area contributed by atoms with Crippen LogP contribution in [0.1, 0.15) is 32.2 Å². The molecule has 0 saturated carbocycles. The third-order valence-corrected chi connectivity index (χ3v) is 3.03. The zero-order chi connectivity index (χ0) is 17.4. The molecule has 0 saturated heterocycles. The zero-order valence-electron chi connectivity index (χ0n) is 12.7. The fraction of sp³-hybridized carbons (Fsp3) is 0.462. The van der Waals surface area contributed by atoms with Gasteiger partial charge in [0.05, 0.1) is 10.6 Å². The molecule has 0 aliphatic heterocycles. The van der Waals surface area contributed by atoms with Gasteiger partial charge in [-0.3, -0.25) is 4.40 Å². The SMILES string of the molecule is CC(C)(C)NC(N)=NCc1nnc2c(Cl)cc(C(F)(F)F)cn12. The Morgan fingerprint density at radius 2 is 2.00 bits per heavy atom. The minimum Gasteiger partial charge on any atom is -0.370 e. The molecule has 2 aromatic rings. The lowest BCUT2D eigenvalue weighted by Crippen LogP contribution is -2.45. The van der Waals surface area contributed by atoms with Crippen LogP contribution in [0.2, 0.25) is 5.02 Å². The van der Waals surface area contributed by atoms with Gasteiger partial charge in [-0.25, -0.2) is 4.99 Å². The average Bonchev–Trinajstić information content (AvgIpc) is 2.77. The molecule has 0 aliphatic rings. The van der Waals surface area contributed by atoms with Crippen molar-refractivity contribution in [1.82, 2.24) is 19.9 Å². The van der Waals surface area contributed by atoms with E-state index in [2.05, 4.69) is 20.5 Å². The maximum absolute atomic E-state index is 12.9. The van der Waals surface area contributed by atoms with E-state index in [4.69, 9.17) is 17.3 Å². The molecule has 0 bridgehead atoms. The fourth-order valence-corrected chi connectivity index (χ4v) is 2.09. The maximum atomic E-state index is 12.9. The molecule has 2 heterocycles. The summed E-state index contributed by atoms with van der Waals surface area (Å²) >= 11 is 5.84. The monoisotopic (exact) mass is 348 g/mol. The summed E-state index contributed by atoms with van der Waals surface area (Å²) < 4.78 is 39.8. The number of rotatable bonds is 2. The Bertz CT molecular complexity index is 744. The van der Waals surface area contributed by atoms with Crippen LogP contribution in [0.3, 0.4) is 0 Å². The van der Waals surface area contributed by atoms with Gasteiger partial charge in [0.25, 0.3) is 0 Å². The molecule has 10 heteroatoms. The minimum atomic E-state index is -4.52. The van der Waals surface area contributed by atoms with Crippen LogP contribution in [0.5, 0.6) is 0 Å². The van der Waals surface area contributed by atoms with Crippen molar-refractivity contribution in [3.05, 3.63) is 28.7 Å². The maximum Gasteiger partial charge on any atom is 0.417 e. The first-order valence-corrected chi connectivity index (χ1v) is 7.03. The summed E-state index contributed by atoms with van der Waals surface area (Å²) in [5.41, 5.74) is 4.68. The molecular formula is C13H16ClF3N6. The Balaban J connectivity index is 2.35. The van der Waals surface area contributed by atoms with Gasteiger partial charge >= 0.3 is 6.18 Å². The summed E-state index contributed by atoms with van der Waals surface area (Å²) in [6.45, 7) is 5.67. The van der Waals surface area contributed by atoms with E-state index < -0.39 is 11.7 Å². The summed E-state index contributed by atoms with van der Waals surface area (Å²) in [6, 6.07) is 0.814. The molecule has 23 heavy (non-hydrogen) atoms. The molecule has 0 aliphatic carbocycles. The number of guanidine groups is 1. The van der Waals surface area contributed by atoms with Gasteiger partial charge in [-0.1, -0.05) is 11.6 Å². The Morgan fingerprint density at radius 1 is 1.35 bits per heavy atom. The van der Waals surface area contributed by atoms with E-state index in [9.17, 15) is 13.2 Å². The number of nitrogens with two attached hydrogens (primary N) is 1. The lowest BCUT2D eigenvalue weighted by Gasteiger charge is -2.20. The normalized spacial score (nSPS) is 13.6. The molecule has 0 spiro atoms. The van der Waals surface area contributed by atoms with Gasteiger partial charge in [-0.05, 0) is 26.8 Å².